The molecule has 1 saturated heterocycles. The molecule has 148 valence electrons. The van der Waals surface area contributed by atoms with E-state index in [0.29, 0.717) is 24.9 Å². The van der Waals surface area contributed by atoms with Crippen LogP contribution in [0.3, 0.4) is 0 Å². The van der Waals surface area contributed by atoms with Gasteiger partial charge in [0.2, 0.25) is 5.91 Å². The molecule has 8 nitrogen and oxygen atoms in total. The number of halogens is 1. The molecule has 1 aliphatic heterocycles. The maximum absolute atomic E-state index is 13.1. The Bertz CT molecular complexity index is 1030. The number of carbonyl (C=O) groups excluding carboxylic acids is 2. The molecule has 1 N–H and O–H groups in total. The summed E-state index contributed by atoms with van der Waals surface area (Å²) in [6, 6.07) is 5.26. The summed E-state index contributed by atoms with van der Waals surface area (Å²) in [5, 5.41) is 2.58. The van der Waals surface area contributed by atoms with Crippen LogP contribution in [-0.4, -0.2) is 38.9 Å². The summed E-state index contributed by atoms with van der Waals surface area (Å²) in [4.78, 5) is 50.7. The molecule has 2 heterocycles. The summed E-state index contributed by atoms with van der Waals surface area (Å²) in [6.07, 6.45) is 2.49. The normalized spacial score (nSPS) is 16.7. The lowest BCUT2D eigenvalue weighted by Crippen LogP contribution is -2.45. The molecule has 1 aromatic heterocycles. The standard InChI is InChI=1S/C19H21FN4O4/c1-22-11-15(18(27)23(2)19(22)28)21-16(25)13-4-3-9-24(10-13)17(26)12-5-7-14(20)8-6-12/h5-8,11,13H,3-4,9-10H2,1-2H3,(H,21,25). The van der Waals surface area contributed by atoms with Crippen LogP contribution in [0, 0.1) is 11.7 Å². The molecule has 1 aliphatic rings. The first kappa shape index (κ1) is 19.5. The van der Waals surface area contributed by atoms with E-state index in [1.54, 1.807) is 4.90 Å². The fourth-order valence-electron chi connectivity index (χ4n) is 3.28. The van der Waals surface area contributed by atoms with Gasteiger partial charge in [0.05, 0.1) is 5.92 Å². The van der Waals surface area contributed by atoms with E-state index in [1.165, 1.54) is 49.1 Å². The Labute approximate surface area is 160 Å². The van der Waals surface area contributed by atoms with Gasteiger partial charge in [-0.2, -0.15) is 0 Å². The number of benzene rings is 1. The number of nitrogens with zero attached hydrogens (tertiary/aromatic N) is 3. The molecule has 9 heteroatoms. The Kier molecular flexibility index (Phi) is 5.43. The average Bonchev–Trinajstić information content (AvgIpc) is 2.70. The third-order valence-corrected chi connectivity index (χ3v) is 4.87. The lowest BCUT2D eigenvalue weighted by Gasteiger charge is -2.32. The van der Waals surface area contributed by atoms with Gasteiger partial charge >= 0.3 is 5.69 Å². The van der Waals surface area contributed by atoms with Crippen molar-refractivity contribution >= 4 is 17.5 Å². The van der Waals surface area contributed by atoms with Gasteiger partial charge in [-0.25, -0.2) is 9.18 Å². The van der Waals surface area contributed by atoms with Gasteiger partial charge in [0.15, 0.2) is 0 Å². The molecular formula is C19H21FN4O4. The van der Waals surface area contributed by atoms with E-state index < -0.39 is 23.0 Å². The Morgan fingerprint density at radius 1 is 1.14 bits per heavy atom. The summed E-state index contributed by atoms with van der Waals surface area (Å²) in [5.74, 6) is -1.56. The Morgan fingerprint density at radius 3 is 2.50 bits per heavy atom. The molecule has 1 atom stereocenters. The number of hydrogen-bond acceptors (Lipinski definition) is 4. The maximum atomic E-state index is 13.1. The highest BCUT2D eigenvalue weighted by Crippen LogP contribution is 2.20. The van der Waals surface area contributed by atoms with E-state index in [-0.39, 0.29) is 24.0 Å². The minimum absolute atomic E-state index is 0.0107. The van der Waals surface area contributed by atoms with E-state index in [9.17, 15) is 23.6 Å². The van der Waals surface area contributed by atoms with Crippen LogP contribution in [0.1, 0.15) is 23.2 Å². The predicted octanol–water partition coefficient (Wildman–Crippen LogP) is 0.714. The van der Waals surface area contributed by atoms with Crippen molar-refractivity contribution < 1.29 is 14.0 Å². The largest absolute Gasteiger partial charge is 0.338 e. The van der Waals surface area contributed by atoms with Crippen molar-refractivity contribution in [1.82, 2.24) is 14.0 Å². The molecule has 0 bridgehead atoms. The lowest BCUT2D eigenvalue weighted by molar-refractivity contribution is -0.121. The van der Waals surface area contributed by atoms with E-state index >= 15 is 0 Å². The maximum Gasteiger partial charge on any atom is 0.330 e. The zero-order chi connectivity index (χ0) is 20.4. The third kappa shape index (κ3) is 3.88. The van der Waals surface area contributed by atoms with Gasteiger partial charge < -0.3 is 14.8 Å². The van der Waals surface area contributed by atoms with E-state index in [4.69, 9.17) is 0 Å². The lowest BCUT2D eigenvalue weighted by atomic mass is 9.96. The number of aryl methyl sites for hydroxylation is 1. The van der Waals surface area contributed by atoms with Gasteiger partial charge in [-0.15, -0.1) is 0 Å². The van der Waals surface area contributed by atoms with Crippen molar-refractivity contribution in [1.29, 1.82) is 0 Å². The molecule has 0 saturated carbocycles. The predicted molar refractivity (Wildman–Crippen MR) is 101 cm³/mol. The molecule has 0 radical (unpaired) electrons. The Hall–Kier alpha value is -3.23. The Balaban J connectivity index is 1.73. The number of hydrogen-bond donors (Lipinski definition) is 1. The molecule has 2 amide bonds. The third-order valence-electron chi connectivity index (χ3n) is 4.87. The fraction of sp³-hybridized carbons (Fsp3) is 0.368. The first-order valence-corrected chi connectivity index (χ1v) is 8.90. The SMILES string of the molecule is Cn1cc(NC(=O)C2CCCN(C(=O)c3ccc(F)cc3)C2)c(=O)n(C)c1=O. The number of rotatable bonds is 3. The molecule has 1 fully saturated rings. The first-order valence-electron chi connectivity index (χ1n) is 8.90. The number of nitrogens with one attached hydrogen (secondary N) is 1. The molecule has 3 rings (SSSR count). The summed E-state index contributed by atoms with van der Waals surface area (Å²) < 4.78 is 15.2. The summed E-state index contributed by atoms with van der Waals surface area (Å²) in [5.41, 5.74) is -0.714. The van der Waals surface area contributed by atoms with Crippen molar-refractivity contribution in [2.45, 2.75) is 12.8 Å². The van der Waals surface area contributed by atoms with Gasteiger partial charge in [0, 0.05) is 38.9 Å². The zero-order valence-electron chi connectivity index (χ0n) is 15.6. The van der Waals surface area contributed by atoms with E-state index in [0.717, 1.165) is 4.57 Å². The number of likely N-dealkylation sites (tertiary alicyclic amines) is 1. The van der Waals surface area contributed by atoms with Crippen molar-refractivity contribution in [2.75, 3.05) is 18.4 Å². The molecule has 0 spiro atoms. The van der Waals surface area contributed by atoms with Crippen LogP contribution in [0.5, 0.6) is 0 Å². The quantitative estimate of drug-likeness (QED) is 0.838. The van der Waals surface area contributed by atoms with Crippen LogP contribution in [-0.2, 0) is 18.9 Å². The van der Waals surface area contributed by atoms with Crippen LogP contribution in [0.2, 0.25) is 0 Å². The molecule has 1 aromatic carbocycles. The average molecular weight is 388 g/mol. The van der Waals surface area contributed by atoms with Crippen LogP contribution < -0.4 is 16.6 Å². The number of amides is 2. The fourth-order valence-corrected chi connectivity index (χ4v) is 3.28. The smallest absolute Gasteiger partial charge is 0.330 e. The van der Waals surface area contributed by atoms with Gasteiger partial charge in [-0.3, -0.25) is 19.0 Å². The van der Waals surface area contributed by atoms with E-state index in [1.807, 2.05) is 0 Å². The highest BCUT2D eigenvalue weighted by molar-refractivity contribution is 5.96. The van der Waals surface area contributed by atoms with Crippen LogP contribution in [0.15, 0.2) is 40.1 Å². The first-order chi connectivity index (χ1) is 13.3. The minimum atomic E-state index is -0.591. The van der Waals surface area contributed by atoms with Crippen molar-refractivity contribution in [3.05, 3.63) is 62.7 Å². The van der Waals surface area contributed by atoms with Crippen LogP contribution >= 0.6 is 0 Å². The second kappa shape index (κ2) is 7.79. The summed E-state index contributed by atoms with van der Waals surface area (Å²) in [6.45, 7) is 0.704. The second-order valence-electron chi connectivity index (χ2n) is 6.89. The number of anilines is 1. The molecule has 28 heavy (non-hydrogen) atoms. The molecule has 2 aromatic rings. The highest BCUT2D eigenvalue weighted by Gasteiger charge is 2.29. The van der Waals surface area contributed by atoms with Gasteiger partial charge in [0.1, 0.15) is 11.5 Å². The molecule has 0 aliphatic carbocycles. The van der Waals surface area contributed by atoms with Crippen molar-refractivity contribution in [3.63, 3.8) is 0 Å². The summed E-state index contributed by atoms with van der Waals surface area (Å²) >= 11 is 0. The zero-order valence-corrected chi connectivity index (χ0v) is 15.6. The van der Waals surface area contributed by atoms with Crippen molar-refractivity contribution in [3.8, 4) is 0 Å². The monoisotopic (exact) mass is 388 g/mol. The van der Waals surface area contributed by atoms with Gasteiger partial charge in [-0.05, 0) is 37.1 Å². The highest BCUT2D eigenvalue weighted by atomic mass is 19.1. The van der Waals surface area contributed by atoms with Crippen molar-refractivity contribution in [2.24, 2.45) is 20.0 Å². The van der Waals surface area contributed by atoms with Crippen LogP contribution in [0.25, 0.3) is 0 Å². The minimum Gasteiger partial charge on any atom is -0.338 e. The van der Waals surface area contributed by atoms with Gasteiger partial charge in [-0.1, -0.05) is 0 Å². The number of piperidine rings is 1. The topological polar surface area (TPSA) is 93.4 Å². The second-order valence-corrected chi connectivity index (χ2v) is 6.89. The molecule has 1 unspecified atom stereocenters. The van der Waals surface area contributed by atoms with Crippen LogP contribution in [0.4, 0.5) is 10.1 Å². The molecular weight excluding hydrogens is 367 g/mol. The number of carbonyl (C=O) groups is 2. The van der Waals surface area contributed by atoms with E-state index in [2.05, 4.69) is 5.32 Å². The Morgan fingerprint density at radius 2 is 1.82 bits per heavy atom. The summed E-state index contributed by atoms with van der Waals surface area (Å²) in [7, 11) is 2.82. The van der Waals surface area contributed by atoms with Gasteiger partial charge in [0.25, 0.3) is 11.5 Å². The number of aromatic nitrogens is 2.